The number of aryl methyl sites for hydroxylation is 1. The average molecular weight is 296 g/mol. The van der Waals surface area contributed by atoms with Crippen molar-refractivity contribution in [3.8, 4) is 0 Å². The van der Waals surface area contributed by atoms with Gasteiger partial charge in [0.05, 0.1) is 6.04 Å². The fourth-order valence-electron chi connectivity index (χ4n) is 2.94. The first-order valence-electron chi connectivity index (χ1n) is 8.41. The minimum atomic E-state index is 0.374. The quantitative estimate of drug-likeness (QED) is 0.920. The number of piperazine rings is 1. The third kappa shape index (κ3) is 4.19. The lowest BCUT2D eigenvalue weighted by Gasteiger charge is -2.35. The van der Waals surface area contributed by atoms with Crippen LogP contribution in [0.3, 0.4) is 0 Å². The molecule has 1 unspecified atom stereocenters. The topological polar surface area (TPSA) is 15.3 Å². The maximum atomic E-state index is 3.44. The fraction of sp³-hybridized carbons (Fsp3) is 0.400. The Morgan fingerprint density at radius 3 is 1.95 bits per heavy atom. The summed E-state index contributed by atoms with van der Waals surface area (Å²) in [5, 5.41) is 3.44. The van der Waals surface area contributed by atoms with E-state index in [1.165, 1.54) is 16.7 Å². The van der Waals surface area contributed by atoms with E-state index in [9.17, 15) is 0 Å². The van der Waals surface area contributed by atoms with Gasteiger partial charge in [-0.25, -0.2) is 0 Å². The van der Waals surface area contributed by atoms with Gasteiger partial charge in [0.1, 0.15) is 0 Å². The zero-order valence-electron chi connectivity index (χ0n) is 14.0. The standard InChI is InChI=1S/C18H22N2.C2H6/c1-15-7-9-17(10-8-15)18(16-5-3-2-4-6-16)20-13-11-19-12-14-20;1-2/h2-10,18-19H,11-14H2,1H3;1-2H3. The minimum absolute atomic E-state index is 0.374. The molecule has 0 aromatic heterocycles. The van der Waals surface area contributed by atoms with Crippen LogP contribution in [0.1, 0.15) is 36.6 Å². The predicted octanol–water partition coefficient (Wildman–Crippen LogP) is 4.02. The molecule has 1 saturated heterocycles. The fourth-order valence-corrected chi connectivity index (χ4v) is 2.94. The van der Waals surface area contributed by atoms with E-state index in [0.717, 1.165) is 26.2 Å². The highest BCUT2D eigenvalue weighted by Crippen LogP contribution is 2.28. The molecule has 1 atom stereocenters. The lowest BCUT2D eigenvalue weighted by molar-refractivity contribution is 0.198. The van der Waals surface area contributed by atoms with Crippen molar-refractivity contribution >= 4 is 0 Å². The first kappa shape index (κ1) is 16.7. The van der Waals surface area contributed by atoms with E-state index in [2.05, 4.69) is 71.7 Å². The van der Waals surface area contributed by atoms with E-state index in [-0.39, 0.29) is 0 Å². The van der Waals surface area contributed by atoms with Crippen molar-refractivity contribution in [1.29, 1.82) is 0 Å². The Morgan fingerprint density at radius 2 is 1.36 bits per heavy atom. The van der Waals surface area contributed by atoms with Gasteiger partial charge in [-0.3, -0.25) is 4.90 Å². The summed E-state index contributed by atoms with van der Waals surface area (Å²) >= 11 is 0. The molecular weight excluding hydrogens is 268 g/mol. The third-order valence-electron chi connectivity index (χ3n) is 4.03. The lowest BCUT2D eigenvalue weighted by atomic mass is 9.96. The van der Waals surface area contributed by atoms with Crippen LogP contribution in [0.15, 0.2) is 54.6 Å². The molecule has 1 N–H and O–H groups in total. The summed E-state index contributed by atoms with van der Waals surface area (Å²) in [7, 11) is 0. The molecule has 1 aliphatic heterocycles. The minimum Gasteiger partial charge on any atom is -0.314 e. The van der Waals surface area contributed by atoms with Crippen LogP contribution in [0.2, 0.25) is 0 Å². The first-order chi connectivity index (χ1) is 10.8. The van der Waals surface area contributed by atoms with Crippen LogP contribution in [0, 0.1) is 6.92 Å². The maximum Gasteiger partial charge on any atom is 0.0602 e. The molecule has 0 radical (unpaired) electrons. The Balaban J connectivity index is 0.000000847. The number of hydrogen-bond acceptors (Lipinski definition) is 2. The average Bonchev–Trinajstić information content (AvgIpc) is 2.61. The van der Waals surface area contributed by atoms with Gasteiger partial charge >= 0.3 is 0 Å². The molecule has 1 aliphatic rings. The zero-order chi connectivity index (χ0) is 15.8. The number of nitrogens with one attached hydrogen (secondary N) is 1. The molecule has 3 rings (SSSR count). The van der Waals surface area contributed by atoms with Crippen molar-refractivity contribution in [3.05, 3.63) is 71.3 Å². The van der Waals surface area contributed by atoms with Gasteiger partial charge in [-0.1, -0.05) is 74.0 Å². The number of benzene rings is 2. The maximum absolute atomic E-state index is 3.44. The summed E-state index contributed by atoms with van der Waals surface area (Å²) in [5.74, 6) is 0. The molecule has 2 aromatic carbocycles. The number of nitrogens with zero attached hydrogens (tertiary/aromatic N) is 1. The van der Waals surface area contributed by atoms with Gasteiger partial charge in [-0.15, -0.1) is 0 Å². The van der Waals surface area contributed by atoms with Gasteiger partial charge in [0.2, 0.25) is 0 Å². The number of rotatable bonds is 3. The first-order valence-corrected chi connectivity index (χ1v) is 8.41. The summed E-state index contributed by atoms with van der Waals surface area (Å²) in [5.41, 5.74) is 4.10. The Labute approximate surface area is 135 Å². The van der Waals surface area contributed by atoms with Crippen molar-refractivity contribution in [2.45, 2.75) is 26.8 Å². The van der Waals surface area contributed by atoms with Crippen LogP contribution >= 0.6 is 0 Å². The van der Waals surface area contributed by atoms with Crippen molar-refractivity contribution in [3.63, 3.8) is 0 Å². The summed E-state index contributed by atoms with van der Waals surface area (Å²) in [6, 6.07) is 20.2. The highest BCUT2D eigenvalue weighted by atomic mass is 15.2. The van der Waals surface area contributed by atoms with Gasteiger partial charge in [-0.2, -0.15) is 0 Å². The Kier molecular flexibility index (Phi) is 6.63. The number of hydrogen-bond donors (Lipinski definition) is 1. The second-order valence-electron chi connectivity index (χ2n) is 5.51. The summed E-state index contributed by atoms with van der Waals surface area (Å²) in [6.45, 7) is 10.5. The molecule has 0 bridgehead atoms. The smallest absolute Gasteiger partial charge is 0.0602 e. The Hall–Kier alpha value is -1.64. The van der Waals surface area contributed by atoms with E-state index in [0.29, 0.717) is 6.04 Å². The molecule has 22 heavy (non-hydrogen) atoms. The van der Waals surface area contributed by atoms with Crippen LogP contribution < -0.4 is 5.32 Å². The van der Waals surface area contributed by atoms with Crippen LogP contribution in [-0.2, 0) is 0 Å². The van der Waals surface area contributed by atoms with Crippen LogP contribution in [0.4, 0.5) is 0 Å². The van der Waals surface area contributed by atoms with Gasteiger partial charge < -0.3 is 5.32 Å². The van der Waals surface area contributed by atoms with E-state index in [4.69, 9.17) is 0 Å². The largest absolute Gasteiger partial charge is 0.314 e. The van der Waals surface area contributed by atoms with Gasteiger partial charge in [0, 0.05) is 26.2 Å². The predicted molar refractivity (Wildman–Crippen MR) is 95.3 cm³/mol. The second-order valence-corrected chi connectivity index (χ2v) is 5.51. The molecule has 118 valence electrons. The van der Waals surface area contributed by atoms with E-state index < -0.39 is 0 Å². The van der Waals surface area contributed by atoms with Crippen molar-refractivity contribution in [2.75, 3.05) is 26.2 Å². The van der Waals surface area contributed by atoms with E-state index in [1.807, 2.05) is 13.8 Å². The summed E-state index contributed by atoms with van der Waals surface area (Å²) in [6.07, 6.45) is 0. The molecule has 2 nitrogen and oxygen atoms in total. The molecule has 1 heterocycles. The van der Waals surface area contributed by atoms with Crippen LogP contribution in [0.5, 0.6) is 0 Å². The molecule has 2 aromatic rings. The Bertz CT molecular complexity index is 527. The SMILES string of the molecule is CC.Cc1ccc(C(c2ccccc2)N2CCNCC2)cc1. The summed E-state index contributed by atoms with van der Waals surface area (Å²) < 4.78 is 0. The van der Waals surface area contributed by atoms with E-state index >= 15 is 0 Å². The molecule has 0 spiro atoms. The molecular formula is C20H28N2. The third-order valence-corrected chi connectivity index (χ3v) is 4.03. The van der Waals surface area contributed by atoms with Gasteiger partial charge in [-0.05, 0) is 18.1 Å². The van der Waals surface area contributed by atoms with Crippen molar-refractivity contribution < 1.29 is 0 Å². The highest BCUT2D eigenvalue weighted by Gasteiger charge is 2.23. The zero-order valence-corrected chi connectivity index (χ0v) is 14.0. The molecule has 1 fully saturated rings. The van der Waals surface area contributed by atoms with Crippen molar-refractivity contribution in [2.24, 2.45) is 0 Å². The van der Waals surface area contributed by atoms with Crippen molar-refractivity contribution in [1.82, 2.24) is 10.2 Å². The second kappa shape index (κ2) is 8.72. The molecule has 0 amide bonds. The highest BCUT2D eigenvalue weighted by molar-refractivity contribution is 5.33. The summed E-state index contributed by atoms with van der Waals surface area (Å²) in [4.78, 5) is 2.58. The van der Waals surface area contributed by atoms with Crippen LogP contribution in [0.25, 0.3) is 0 Å². The van der Waals surface area contributed by atoms with E-state index in [1.54, 1.807) is 0 Å². The molecule has 2 heteroatoms. The molecule has 0 aliphatic carbocycles. The van der Waals surface area contributed by atoms with Crippen LogP contribution in [-0.4, -0.2) is 31.1 Å². The Morgan fingerprint density at radius 1 is 0.818 bits per heavy atom. The molecule has 0 saturated carbocycles. The van der Waals surface area contributed by atoms with Gasteiger partial charge in [0.25, 0.3) is 0 Å². The normalized spacial score (nSPS) is 16.5. The van der Waals surface area contributed by atoms with Gasteiger partial charge in [0.15, 0.2) is 0 Å². The monoisotopic (exact) mass is 296 g/mol. The lowest BCUT2D eigenvalue weighted by Crippen LogP contribution is -2.45.